The van der Waals surface area contributed by atoms with Crippen molar-refractivity contribution in [2.24, 2.45) is 0 Å². The molecule has 0 fully saturated rings. The average molecular weight is 1680 g/mol. The van der Waals surface area contributed by atoms with Crippen molar-refractivity contribution in [1.82, 2.24) is 0 Å². The molecule has 0 unspecified atom stereocenters. The van der Waals surface area contributed by atoms with Crippen LogP contribution < -0.4 is 84.9 Å². The van der Waals surface area contributed by atoms with E-state index in [-0.39, 0.29) is 63.4 Å². The Kier molecular flexibility index (Phi) is 36.9. The monoisotopic (exact) mass is 1680 g/mol. The number of hydrogen-bond acceptors (Lipinski definition) is 0. The molecular formula is C110H108P8. The zero-order valence-corrected chi connectivity index (χ0v) is 74.8. The molecule has 0 aromatic heterocycles. The van der Waals surface area contributed by atoms with Gasteiger partial charge >= 0.3 is 0 Å². The predicted molar refractivity (Wildman–Crippen MR) is 539 cm³/mol. The topological polar surface area (TPSA) is 0 Å². The highest BCUT2D eigenvalue weighted by Gasteiger charge is 2.23. The molecule has 0 amide bonds. The molecule has 0 nitrogen and oxygen atoms in total. The molecule has 0 saturated heterocycles. The summed E-state index contributed by atoms with van der Waals surface area (Å²) in [5.41, 5.74) is 0. The minimum absolute atomic E-state index is 0.265. The van der Waals surface area contributed by atoms with Crippen LogP contribution in [0.3, 0.4) is 0 Å². The number of benzene rings is 16. The largest absolute Gasteiger partial charge is 0.0622 e. The first-order valence-electron chi connectivity index (χ1n) is 41.7. The van der Waals surface area contributed by atoms with Crippen LogP contribution in [0.5, 0.6) is 0 Å². The van der Waals surface area contributed by atoms with E-state index in [0.717, 1.165) is 0 Å². The van der Waals surface area contributed by atoms with Crippen LogP contribution in [0.25, 0.3) is 0 Å². The third-order valence-electron chi connectivity index (χ3n) is 20.7. The van der Waals surface area contributed by atoms with Crippen molar-refractivity contribution in [2.75, 3.05) is 49.3 Å². The van der Waals surface area contributed by atoms with Crippen LogP contribution in [-0.4, -0.2) is 49.3 Å². The van der Waals surface area contributed by atoms with E-state index in [4.69, 9.17) is 0 Å². The van der Waals surface area contributed by atoms with E-state index in [1.54, 1.807) is 0 Å². The van der Waals surface area contributed by atoms with Crippen molar-refractivity contribution in [1.29, 1.82) is 0 Å². The normalized spacial score (nSPS) is 11.1. The van der Waals surface area contributed by atoms with Crippen LogP contribution in [0.2, 0.25) is 0 Å². The summed E-state index contributed by atoms with van der Waals surface area (Å²) in [5.74, 6) is 0. The van der Waals surface area contributed by atoms with Gasteiger partial charge in [-0.25, -0.2) is 0 Å². The lowest BCUT2D eigenvalue weighted by molar-refractivity contribution is 0.782. The molecule has 8 heteroatoms. The smallest absolute Gasteiger partial charge is 0.0195 e. The van der Waals surface area contributed by atoms with Crippen molar-refractivity contribution < 1.29 is 0 Å². The molecule has 16 aromatic carbocycles. The Morgan fingerprint density at radius 2 is 0.161 bits per heavy atom. The zero-order valence-electron chi connectivity index (χ0n) is 67.7. The zero-order chi connectivity index (χ0) is 80.3. The Morgan fingerprint density at radius 3 is 0.246 bits per heavy atom. The lowest BCUT2D eigenvalue weighted by Gasteiger charge is -2.24. The molecule has 0 aliphatic rings. The first kappa shape index (κ1) is 86.8. The summed E-state index contributed by atoms with van der Waals surface area (Å²) in [4.78, 5) is 0. The highest BCUT2D eigenvalue weighted by Crippen LogP contribution is 2.44. The van der Waals surface area contributed by atoms with Gasteiger partial charge in [-0.3, -0.25) is 0 Å². The first-order chi connectivity index (χ1) is 58.7. The Morgan fingerprint density at radius 1 is 0.0847 bits per heavy atom. The van der Waals surface area contributed by atoms with E-state index in [1.807, 2.05) is 0 Å². The van der Waals surface area contributed by atoms with Gasteiger partial charge in [-0.05, 0) is 223 Å². The maximum absolute atomic E-state index is 2.31. The quantitative estimate of drug-likeness (QED) is 0.0279. The van der Waals surface area contributed by atoms with E-state index in [1.165, 1.54) is 173 Å². The minimum Gasteiger partial charge on any atom is -0.0622 e. The molecule has 0 aliphatic heterocycles. The van der Waals surface area contributed by atoms with Crippen LogP contribution in [0.1, 0.15) is 38.5 Å². The van der Waals surface area contributed by atoms with Crippen LogP contribution in [-0.2, 0) is 0 Å². The van der Waals surface area contributed by atoms with E-state index < -0.39 is 0 Å². The van der Waals surface area contributed by atoms with E-state index in [9.17, 15) is 0 Å². The lowest BCUT2D eigenvalue weighted by Crippen LogP contribution is -2.19. The lowest BCUT2D eigenvalue weighted by atomic mass is 10.3. The van der Waals surface area contributed by atoms with E-state index >= 15 is 0 Å². The fraction of sp³-hybridized carbons (Fsp3) is 0.127. The standard InChI is InChI=1S/2C29H30P2.2C26H24P2/c2*1-6-16-26(17-7-1)30(27-18-8-2-9-19-27)24-14-5-15-25-31(28-20-10-3-11-21-28)29-22-12-4-13-23-29;2*1-5-13-23(14-6-1)27(24-15-7-2-8-16-24)21-22-28(25-17-9-3-10-18-25)26-19-11-4-12-20-26/h2*1-4,6-13,16-23H,5,14-15,24-25H2;2*1-20H,21-22H2. The molecule has 0 bridgehead atoms. The number of hydrogen-bond donors (Lipinski definition) is 0. The predicted octanol–water partition coefficient (Wildman–Crippen LogP) is 23.3. The summed E-state index contributed by atoms with van der Waals surface area (Å²) in [6.45, 7) is 0. The molecule has 0 saturated carbocycles. The van der Waals surface area contributed by atoms with Gasteiger partial charge < -0.3 is 0 Å². The highest BCUT2D eigenvalue weighted by molar-refractivity contribution is 7.78. The van der Waals surface area contributed by atoms with Gasteiger partial charge in [0.1, 0.15) is 0 Å². The second-order valence-corrected chi connectivity index (χ2v) is 47.4. The number of unbranched alkanes of at least 4 members (excludes halogenated alkanes) is 4. The van der Waals surface area contributed by atoms with Gasteiger partial charge in [0.25, 0.3) is 0 Å². The van der Waals surface area contributed by atoms with Crippen molar-refractivity contribution in [2.45, 2.75) is 38.5 Å². The summed E-state index contributed by atoms with van der Waals surface area (Å²) < 4.78 is 0. The average Bonchev–Trinajstić information content (AvgIpc) is 0.830. The summed E-state index contributed by atoms with van der Waals surface area (Å²) in [6.07, 6.45) is 17.7. The van der Waals surface area contributed by atoms with Gasteiger partial charge in [-0.15, -0.1) is 0 Å². The maximum Gasteiger partial charge on any atom is -0.0195 e. The fourth-order valence-corrected chi connectivity index (χ4v) is 35.2. The maximum atomic E-state index is 2.31. The van der Waals surface area contributed by atoms with Crippen molar-refractivity contribution in [3.63, 3.8) is 0 Å². The van der Waals surface area contributed by atoms with Crippen molar-refractivity contribution >= 4 is 148 Å². The Bertz CT molecular complexity index is 4270. The second kappa shape index (κ2) is 50.1. The summed E-state index contributed by atoms with van der Waals surface area (Å²) in [5, 5.41) is 23.8. The molecule has 0 atom stereocenters. The van der Waals surface area contributed by atoms with Gasteiger partial charge in [-0.1, -0.05) is 498 Å². The molecule has 588 valence electrons. The Labute approximate surface area is 715 Å². The Hall–Kier alpha value is -9.04. The molecule has 0 heterocycles. The van der Waals surface area contributed by atoms with Gasteiger partial charge in [-0.2, -0.15) is 0 Å². The third kappa shape index (κ3) is 27.5. The van der Waals surface area contributed by atoms with Crippen molar-refractivity contribution in [3.05, 3.63) is 485 Å². The Balaban J connectivity index is 0.000000137. The van der Waals surface area contributed by atoms with Gasteiger partial charge in [0.2, 0.25) is 0 Å². The molecule has 16 rings (SSSR count). The molecular weight excluding hydrogens is 1570 g/mol. The summed E-state index contributed by atoms with van der Waals surface area (Å²) in [7, 11) is -2.45. The minimum atomic E-state index is -0.348. The van der Waals surface area contributed by atoms with Crippen LogP contribution >= 0.6 is 63.4 Å². The SMILES string of the molecule is c1ccc(P(CCCCCP(c2ccccc2)c2ccccc2)c2ccccc2)cc1.c1ccc(P(CCCCCP(c2ccccc2)c2ccccc2)c2ccccc2)cc1.c1ccc(P(CCP(c2ccccc2)c2ccccc2)c2ccccc2)cc1.c1ccc(P(CCP(c2ccccc2)c2ccccc2)c2ccccc2)cc1. The first-order valence-corrected chi connectivity index (χ1v) is 53.9. The molecule has 16 aromatic rings. The van der Waals surface area contributed by atoms with E-state index in [0.29, 0.717) is 0 Å². The van der Waals surface area contributed by atoms with Crippen molar-refractivity contribution in [3.8, 4) is 0 Å². The van der Waals surface area contributed by atoms with Crippen LogP contribution in [0, 0.1) is 0 Å². The van der Waals surface area contributed by atoms with Crippen LogP contribution in [0.15, 0.2) is 485 Å². The summed E-state index contributed by atoms with van der Waals surface area (Å²) in [6, 6.07) is 177. The second-order valence-electron chi connectivity index (χ2n) is 28.7. The molecule has 0 radical (unpaired) electrons. The van der Waals surface area contributed by atoms with Gasteiger partial charge in [0.05, 0.1) is 0 Å². The number of rotatable bonds is 34. The molecule has 0 aliphatic carbocycles. The highest BCUT2D eigenvalue weighted by atomic mass is 31.1. The van der Waals surface area contributed by atoms with Crippen LogP contribution in [0.4, 0.5) is 0 Å². The third-order valence-corrected chi connectivity index (χ3v) is 41.9. The molecule has 118 heavy (non-hydrogen) atoms. The van der Waals surface area contributed by atoms with Gasteiger partial charge in [0.15, 0.2) is 0 Å². The van der Waals surface area contributed by atoms with Gasteiger partial charge in [0, 0.05) is 0 Å². The van der Waals surface area contributed by atoms with E-state index in [2.05, 4.69) is 485 Å². The summed E-state index contributed by atoms with van der Waals surface area (Å²) >= 11 is 0. The molecule has 0 N–H and O–H groups in total. The molecule has 0 spiro atoms. The fourth-order valence-electron chi connectivity index (χ4n) is 14.8.